The Balaban J connectivity index is 2.07. The second kappa shape index (κ2) is 6.89. The van der Waals surface area contributed by atoms with E-state index < -0.39 is 11.5 Å². The molecule has 0 bridgehead atoms. The van der Waals surface area contributed by atoms with Crippen molar-refractivity contribution in [1.29, 1.82) is 0 Å². The smallest absolute Gasteiger partial charge is 0.170 e. The zero-order valence-corrected chi connectivity index (χ0v) is 18.9. The van der Waals surface area contributed by atoms with E-state index in [2.05, 4.69) is 24.0 Å². The van der Waals surface area contributed by atoms with E-state index in [0.29, 0.717) is 10.8 Å². The number of fused-ring (bicyclic) bond motifs is 3. The van der Waals surface area contributed by atoms with Crippen molar-refractivity contribution >= 4 is 34.4 Å². The Kier molecular flexibility index (Phi) is 4.74. The predicted molar refractivity (Wildman–Crippen MR) is 118 cm³/mol. The molecule has 0 saturated carbocycles. The van der Waals surface area contributed by atoms with Gasteiger partial charge in [-0.15, -0.1) is 21.5 Å². The van der Waals surface area contributed by atoms with Gasteiger partial charge in [-0.3, -0.25) is 14.4 Å². The van der Waals surface area contributed by atoms with Crippen LogP contribution in [0.25, 0.3) is 5.00 Å². The molecule has 2 aromatic heterocycles. The van der Waals surface area contributed by atoms with Crippen molar-refractivity contribution in [3.8, 4) is 5.00 Å². The number of nitrogens with zero attached hydrogens (tertiary/aromatic N) is 4. The summed E-state index contributed by atoms with van der Waals surface area (Å²) in [6, 6.07) is 6.89. The number of benzene rings is 1. The summed E-state index contributed by atoms with van der Waals surface area (Å²) in [5.74, 6) is 1.35. The number of halogens is 1. The highest BCUT2D eigenvalue weighted by atomic mass is 35.5. The molecule has 0 aliphatic carbocycles. The molecular weight excluding hydrogens is 404 g/mol. The van der Waals surface area contributed by atoms with Crippen molar-refractivity contribution in [3.05, 3.63) is 62.5 Å². The molecule has 0 radical (unpaired) electrons. The first-order valence-corrected chi connectivity index (χ1v) is 10.7. The Morgan fingerprint density at radius 1 is 1.10 bits per heavy atom. The second-order valence-electron chi connectivity index (χ2n) is 8.41. The van der Waals surface area contributed by atoms with E-state index in [1.807, 2.05) is 56.5 Å². The van der Waals surface area contributed by atoms with Crippen molar-refractivity contribution < 1.29 is 4.79 Å². The fourth-order valence-corrected chi connectivity index (χ4v) is 4.86. The molecule has 1 aliphatic heterocycles. The Morgan fingerprint density at radius 3 is 2.38 bits per heavy atom. The lowest BCUT2D eigenvalue weighted by atomic mass is 9.86. The lowest BCUT2D eigenvalue weighted by Gasteiger charge is -2.21. The minimum absolute atomic E-state index is 0.0159. The highest BCUT2D eigenvalue weighted by molar-refractivity contribution is 7.15. The summed E-state index contributed by atoms with van der Waals surface area (Å²) in [7, 11) is 0. The Hall–Kier alpha value is -2.31. The Bertz CT molecular complexity index is 1150. The van der Waals surface area contributed by atoms with Gasteiger partial charge in [-0.05, 0) is 38.5 Å². The van der Waals surface area contributed by atoms with E-state index >= 15 is 0 Å². The second-order valence-corrected chi connectivity index (χ2v) is 10.0. The molecule has 29 heavy (non-hydrogen) atoms. The van der Waals surface area contributed by atoms with Crippen LogP contribution in [-0.2, 0) is 4.79 Å². The van der Waals surface area contributed by atoms with Crippen LogP contribution in [0.4, 0.5) is 0 Å². The van der Waals surface area contributed by atoms with Gasteiger partial charge >= 0.3 is 0 Å². The average molecular weight is 427 g/mol. The van der Waals surface area contributed by atoms with Crippen LogP contribution in [0.5, 0.6) is 0 Å². The van der Waals surface area contributed by atoms with Crippen LogP contribution < -0.4 is 0 Å². The molecule has 0 spiro atoms. The fraction of sp³-hybridized carbons (Fsp3) is 0.364. The molecule has 0 amide bonds. The summed E-state index contributed by atoms with van der Waals surface area (Å²) in [5.41, 5.74) is 3.35. The largest absolute Gasteiger partial charge is 0.296 e. The quantitative estimate of drug-likeness (QED) is 0.550. The van der Waals surface area contributed by atoms with Gasteiger partial charge in [0.2, 0.25) is 0 Å². The zero-order valence-electron chi connectivity index (χ0n) is 17.4. The SMILES string of the molecule is Cc1sc2c(c1C)C(c1ccc(Cl)cc1)=NC(C(=O)C(C)(C)C)c1nnc(C)n1-2. The van der Waals surface area contributed by atoms with Crippen LogP contribution in [0.2, 0.25) is 5.02 Å². The summed E-state index contributed by atoms with van der Waals surface area (Å²) in [6.07, 6.45) is 0. The van der Waals surface area contributed by atoms with E-state index in [1.54, 1.807) is 11.3 Å². The molecule has 7 heteroatoms. The maximum absolute atomic E-state index is 13.4. The van der Waals surface area contributed by atoms with Crippen molar-refractivity contribution in [2.45, 2.75) is 47.6 Å². The van der Waals surface area contributed by atoms with E-state index in [-0.39, 0.29) is 5.78 Å². The van der Waals surface area contributed by atoms with Gasteiger partial charge in [0.25, 0.3) is 0 Å². The number of aliphatic imine (C=N–C) groups is 1. The highest BCUT2D eigenvalue weighted by Crippen LogP contribution is 2.40. The summed E-state index contributed by atoms with van der Waals surface area (Å²) in [5, 5.41) is 10.3. The molecule has 0 fully saturated rings. The van der Waals surface area contributed by atoms with Gasteiger partial charge in [0.1, 0.15) is 10.8 Å². The van der Waals surface area contributed by atoms with Gasteiger partial charge in [-0.1, -0.05) is 44.5 Å². The van der Waals surface area contributed by atoms with Gasteiger partial charge < -0.3 is 0 Å². The number of carbonyl (C=O) groups excluding carboxylic acids is 1. The first kappa shape index (κ1) is 20.0. The summed E-state index contributed by atoms with van der Waals surface area (Å²) in [4.78, 5) is 19.6. The van der Waals surface area contributed by atoms with E-state index in [4.69, 9.17) is 16.6 Å². The number of aryl methyl sites for hydroxylation is 2. The molecule has 1 atom stereocenters. The van der Waals surface area contributed by atoms with Crippen molar-refractivity contribution in [3.63, 3.8) is 0 Å². The monoisotopic (exact) mass is 426 g/mol. The third-order valence-electron chi connectivity index (χ3n) is 5.26. The zero-order chi connectivity index (χ0) is 21.1. The standard InChI is InChI=1S/C22H23ClN4OS/c1-11-12(2)29-21-16(11)17(14-7-9-15(23)10-8-14)24-18(19(28)22(4,5)6)20-26-25-13(3)27(20)21/h7-10,18H,1-6H3. The molecule has 1 aromatic carbocycles. The fourth-order valence-electron chi connectivity index (χ4n) is 3.52. The van der Waals surface area contributed by atoms with Crippen molar-refractivity contribution in [1.82, 2.24) is 14.8 Å². The summed E-state index contributed by atoms with van der Waals surface area (Å²) >= 11 is 7.80. The van der Waals surface area contributed by atoms with E-state index in [0.717, 1.165) is 33.2 Å². The maximum Gasteiger partial charge on any atom is 0.170 e. The number of thiophene rings is 1. The third kappa shape index (κ3) is 3.24. The molecule has 4 rings (SSSR count). The number of aromatic nitrogens is 3. The van der Waals surface area contributed by atoms with Crippen LogP contribution in [0.15, 0.2) is 29.3 Å². The maximum atomic E-state index is 13.4. The lowest BCUT2D eigenvalue weighted by molar-refractivity contribution is -0.127. The Morgan fingerprint density at radius 2 is 1.76 bits per heavy atom. The summed E-state index contributed by atoms with van der Waals surface area (Å²) < 4.78 is 2.00. The third-order valence-corrected chi connectivity index (χ3v) is 6.71. The van der Waals surface area contributed by atoms with Gasteiger partial charge in [-0.25, -0.2) is 0 Å². The van der Waals surface area contributed by atoms with Crippen LogP contribution in [0.1, 0.15) is 60.0 Å². The Labute approximate surface area is 179 Å². The minimum atomic E-state index is -0.721. The minimum Gasteiger partial charge on any atom is -0.296 e. The summed E-state index contributed by atoms with van der Waals surface area (Å²) in [6.45, 7) is 11.9. The van der Waals surface area contributed by atoms with Crippen molar-refractivity contribution in [2.75, 3.05) is 0 Å². The van der Waals surface area contributed by atoms with E-state index in [9.17, 15) is 4.79 Å². The van der Waals surface area contributed by atoms with Gasteiger partial charge in [-0.2, -0.15) is 0 Å². The number of Topliss-reactive ketones (excluding diaryl/α,β-unsaturated/α-hetero) is 1. The van der Waals surface area contributed by atoms with Crippen LogP contribution in [-0.4, -0.2) is 26.3 Å². The normalized spacial score (nSPS) is 16.1. The molecular formula is C22H23ClN4OS. The van der Waals surface area contributed by atoms with Crippen LogP contribution >= 0.6 is 22.9 Å². The molecule has 150 valence electrons. The molecule has 0 N–H and O–H groups in total. The number of hydrogen-bond donors (Lipinski definition) is 0. The van der Waals surface area contributed by atoms with Gasteiger partial charge in [0, 0.05) is 26.4 Å². The highest BCUT2D eigenvalue weighted by Gasteiger charge is 2.38. The molecule has 3 aromatic rings. The first-order valence-electron chi connectivity index (χ1n) is 9.50. The lowest BCUT2D eigenvalue weighted by Crippen LogP contribution is -2.28. The predicted octanol–water partition coefficient (Wildman–Crippen LogP) is 5.41. The molecule has 0 saturated heterocycles. The number of hydrogen-bond acceptors (Lipinski definition) is 5. The number of rotatable bonds is 2. The number of ketones is 1. The molecule has 1 unspecified atom stereocenters. The molecule has 5 nitrogen and oxygen atoms in total. The first-order chi connectivity index (χ1) is 13.6. The van der Waals surface area contributed by atoms with Crippen LogP contribution in [0.3, 0.4) is 0 Å². The molecule has 3 heterocycles. The van der Waals surface area contributed by atoms with Crippen LogP contribution in [0, 0.1) is 26.2 Å². The van der Waals surface area contributed by atoms with Gasteiger partial charge in [0.05, 0.1) is 5.71 Å². The van der Waals surface area contributed by atoms with E-state index in [1.165, 1.54) is 4.88 Å². The van der Waals surface area contributed by atoms with Gasteiger partial charge in [0.15, 0.2) is 17.6 Å². The number of carbonyl (C=O) groups is 1. The average Bonchev–Trinajstić information content (AvgIpc) is 3.11. The topological polar surface area (TPSA) is 60.1 Å². The molecule has 1 aliphatic rings. The van der Waals surface area contributed by atoms with Crippen molar-refractivity contribution in [2.24, 2.45) is 10.4 Å².